The van der Waals surface area contributed by atoms with Gasteiger partial charge in [0.2, 0.25) is 0 Å². The lowest BCUT2D eigenvalue weighted by Crippen LogP contribution is -2.35. The number of thiophene rings is 1. The van der Waals surface area contributed by atoms with Crippen LogP contribution in [0.25, 0.3) is 10.4 Å². The highest BCUT2D eigenvalue weighted by Gasteiger charge is 2.15. The van der Waals surface area contributed by atoms with Crippen LogP contribution in [-0.2, 0) is 4.74 Å². The molecule has 1 fully saturated rings. The summed E-state index contributed by atoms with van der Waals surface area (Å²) in [7, 11) is 0. The number of anilines is 1. The summed E-state index contributed by atoms with van der Waals surface area (Å²) < 4.78 is 19.1. The molecule has 1 aliphatic rings. The minimum Gasteiger partial charge on any atom is -0.508 e. The molecule has 3 rings (SSSR count). The summed E-state index contributed by atoms with van der Waals surface area (Å²) in [4.78, 5) is 3.05. The summed E-state index contributed by atoms with van der Waals surface area (Å²) in [6.45, 7) is 3.18. The second-order valence-electron chi connectivity index (χ2n) is 4.43. The zero-order chi connectivity index (χ0) is 13.2. The van der Waals surface area contributed by atoms with Crippen molar-refractivity contribution in [3.63, 3.8) is 0 Å². The van der Waals surface area contributed by atoms with Crippen LogP contribution in [0.2, 0.25) is 0 Å². The van der Waals surface area contributed by atoms with Crippen LogP contribution >= 0.6 is 11.3 Å². The SMILES string of the molecule is Oc1ccc(F)c(-c2cc(N3CCOCC3)cs2)c1. The van der Waals surface area contributed by atoms with Crippen LogP contribution in [0.4, 0.5) is 10.1 Å². The number of phenols is 1. The molecule has 0 aliphatic carbocycles. The molecule has 0 unspecified atom stereocenters. The Kier molecular flexibility index (Phi) is 3.40. The van der Waals surface area contributed by atoms with Gasteiger partial charge in [-0.1, -0.05) is 0 Å². The molecule has 1 saturated heterocycles. The van der Waals surface area contributed by atoms with E-state index in [4.69, 9.17) is 4.74 Å². The summed E-state index contributed by atoms with van der Waals surface area (Å²) in [6.07, 6.45) is 0. The molecule has 0 bridgehead atoms. The van der Waals surface area contributed by atoms with Gasteiger partial charge in [0.05, 0.1) is 13.2 Å². The van der Waals surface area contributed by atoms with Crippen LogP contribution < -0.4 is 4.90 Å². The van der Waals surface area contributed by atoms with Gasteiger partial charge in [0.1, 0.15) is 11.6 Å². The minimum atomic E-state index is -0.312. The van der Waals surface area contributed by atoms with E-state index in [1.165, 1.54) is 29.5 Å². The number of aromatic hydroxyl groups is 1. The maximum Gasteiger partial charge on any atom is 0.132 e. The Bertz CT molecular complexity index is 579. The third-order valence-electron chi connectivity index (χ3n) is 3.18. The van der Waals surface area contributed by atoms with Crippen molar-refractivity contribution in [1.82, 2.24) is 0 Å². The number of hydrogen-bond donors (Lipinski definition) is 1. The largest absolute Gasteiger partial charge is 0.508 e. The summed E-state index contributed by atoms with van der Waals surface area (Å²) in [5.41, 5.74) is 1.54. The molecule has 19 heavy (non-hydrogen) atoms. The summed E-state index contributed by atoms with van der Waals surface area (Å²) in [5.74, 6) is -0.231. The first kappa shape index (κ1) is 12.4. The van der Waals surface area contributed by atoms with Crippen LogP contribution in [0.1, 0.15) is 0 Å². The molecule has 0 spiro atoms. The summed E-state index contributed by atoms with van der Waals surface area (Å²) in [6, 6.07) is 6.08. The average molecular weight is 279 g/mol. The van der Waals surface area contributed by atoms with Crippen molar-refractivity contribution in [2.45, 2.75) is 0 Å². The Hall–Kier alpha value is -1.59. The van der Waals surface area contributed by atoms with E-state index in [0.717, 1.165) is 36.9 Å². The highest BCUT2D eigenvalue weighted by molar-refractivity contribution is 7.14. The van der Waals surface area contributed by atoms with E-state index in [1.807, 2.05) is 11.4 Å². The standard InChI is InChI=1S/C14H14FNO2S/c15-13-2-1-11(17)8-12(13)14-7-10(9-19-14)16-3-5-18-6-4-16/h1-2,7-9,17H,3-6H2. The Labute approximate surface area is 114 Å². The van der Waals surface area contributed by atoms with Gasteiger partial charge in [-0.2, -0.15) is 0 Å². The van der Waals surface area contributed by atoms with E-state index in [2.05, 4.69) is 4.90 Å². The van der Waals surface area contributed by atoms with Crippen molar-refractivity contribution in [1.29, 1.82) is 0 Å². The molecule has 100 valence electrons. The Morgan fingerprint density at radius 1 is 1.21 bits per heavy atom. The van der Waals surface area contributed by atoms with Crippen LogP contribution in [-0.4, -0.2) is 31.4 Å². The van der Waals surface area contributed by atoms with E-state index < -0.39 is 0 Å². The quantitative estimate of drug-likeness (QED) is 0.917. The lowest BCUT2D eigenvalue weighted by atomic mass is 10.1. The van der Waals surface area contributed by atoms with Gasteiger partial charge < -0.3 is 14.7 Å². The van der Waals surface area contributed by atoms with Crippen LogP contribution in [0, 0.1) is 5.82 Å². The second kappa shape index (κ2) is 5.19. The molecule has 2 heterocycles. The van der Waals surface area contributed by atoms with E-state index >= 15 is 0 Å². The zero-order valence-electron chi connectivity index (χ0n) is 10.3. The van der Waals surface area contributed by atoms with Crippen LogP contribution in [0.3, 0.4) is 0 Å². The maximum atomic E-state index is 13.8. The molecule has 1 aliphatic heterocycles. The predicted molar refractivity (Wildman–Crippen MR) is 74.4 cm³/mol. The van der Waals surface area contributed by atoms with E-state index in [-0.39, 0.29) is 11.6 Å². The third kappa shape index (κ3) is 2.57. The van der Waals surface area contributed by atoms with E-state index in [0.29, 0.717) is 5.56 Å². The van der Waals surface area contributed by atoms with Crippen LogP contribution in [0.5, 0.6) is 5.75 Å². The number of morpholine rings is 1. The van der Waals surface area contributed by atoms with Gasteiger partial charge >= 0.3 is 0 Å². The van der Waals surface area contributed by atoms with E-state index in [1.54, 1.807) is 0 Å². The summed E-state index contributed by atoms with van der Waals surface area (Å²) in [5, 5.41) is 11.5. The van der Waals surface area contributed by atoms with Gasteiger partial charge in [-0.25, -0.2) is 4.39 Å². The molecular weight excluding hydrogens is 265 g/mol. The smallest absolute Gasteiger partial charge is 0.132 e. The van der Waals surface area contributed by atoms with Crippen molar-refractivity contribution in [2.75, 3.05) is 31.2 Å². The first-order valence-electron chi connectivity index (χ1n) is 6.14. The van der Waals surface area contributed by atoms with Crippen molar-refractivity contribution >= 4 is 17.0 Å². The number of rotatable bonds is 2. The molecule has 1 aromatic carbocycles. The van der Waals surface area contributed by atoms with Gasteiger partial charge in [-0.15, -0.1) is 11.3 Å². The average Bonchev–Trinajstić information content (AvgIpc) is 2.92. The number of hydrogen-bond acceptors (Lipinski definition) is 4. The Morgan fingerprint density at radius 2 is 2.00 bits per heavy atom. The number of ether oxygens (including phenoxy) is 1. The van der Waals surface area contributed by atoms with E-state index in [9.17, 15) is 9.50 Å². The molecule has 3 nitrogen and oxygen atoms in total. The van der Waals surface area contributed by atoms with Crippen molar-refractivity contribution in [2.24, 2.45) is 0 Å². The van der Waals surface area contributed by atoms with Crippen molar-refractivity contribution in [3.05, 3.63) is 35.5 Å². The Morgan fingerprint density at radius 3 is 2.79 bits per heavy atom. The third-order valence-corrected chi connectivity index (χ3v) is 4.13. The zero-order valence-corrected chi connectivity index (χ0v) is 11.1. The normalized spacial score (nSPS) is 15.7. The van der Waals surface area contributed by atoms with Gasteiger partial charge in [-0.05, 0) is 24.3 Å². The first-order chi connectivity index (χ1) is 9.24. The van der Waals surface area contributed by atoms with Gasteiger partial charge in [0.15, 0.2) is 0 Å². The number of nitrogens with zero attached hydrogens (tertiary/aromatic N) is 1. The van der Waals surface area contributed by atoms with Crippen molar-refractivity contribution in [3.8, 4) is 16.2 Å². The molecule has 5 heteroatoms. The number of halogens is 1. The van der Waals surface area contributed by atoms with Gasteiger partial charge in [-0.3, -0.25) is 0 Å². The van der Waals surface area contributed by atoms with Crippen LogP contribution in [0.15, 0.2) is 29.6 Å². The Balaban J connectivity index is 1.89. The highest BCUT2D eigenvalue weighted by atomic mass is 32.1. The van der Waals surface area contributed by atoms with Gasteiger partial charge in [0.25, 0.3) is 0 Å². The molecule has 2 aromatic rings. The topological polar surface area (TPSA) is 32.7 Å². The summed E-state index contributed by atoms with van der Waals surface area (Å²) >= 11 is 1.49. The molecule has 0 amide bonds. The maximum absolute atomic E-state index is 13.8. The minimum absolute atomic E-state index is 0.0812. The molecule has 1 N–H and O–H groups in total. The number of phenolic OH excluding ortho intramolecular Hbond substituents is 1. The fraction of sp³-hybridized carbons (Fsp3) is 0.286. The monoisotopic (exact) mass is 279 g/mol. The number of benzene rings is 1. The second-order valence-corrected chi connectivity index (χ2v) is 5.34. The fourth-order valence-corrected chi connectivity index (χ4v) is 3.09. The highest BCUT2D eigenvalue weighted by Crippen LogP contribution is 2.35. The fourth-order valence-electron chi connectivity index (χ4n) is 2.16. The molecule has 1 aromatic heterocycles. The van der Waals surface area contributed by atoms with Gasteiger partial charge in [0, 0.05) is 34.6 Å². The molecular formula is C14H14FNO2S. The predicted octanol–water partition coefficient (Wildman–Crippen LogP) is 3.10. The molecule has 0 atom stereocenters. The van der Waals surface area contributed by atoms with Crippen molar-refractivity contribution < 1.29 is 14.2 Å². The first-order valence-corrected chi connectivity index (χ1v) is 7.02. The lowest BCUT2D eigenvalue weighted by Gasteiger charge is -2.27. The molecule has 0 radical (unpaired) electrons. The lowest BCUT2D eigenvalue weighted by molar-refractivity contribution is 0.123. The molecule has 0 saturated carbocycles.